The predicted molar refractivity (Wildman–Crippen MR) is 129 cm³/mol. The maximum atomic E-state index is 11.3. The van der Waals surface area contributed by atoms with Crippen LogP contribution in [0, 0.1) is 0 Å². The summed E-state index contributed by atoms with van der Waals surface area (Å²) in [5, 5.41) is 9.26. The van der Waals surface area contributed by atoms with E-state index in [1.165, 1.54) is 5.69 Å². The molecule has 33 heavy (non-hydrogen) atoms. The van der Waals surface area contributed by atoms with Gasteiger partial charge in [0.25, 0.3) is 0 Å². The number of carboxylic acids is 1. The fourth-order valence-corrected chi connectivity index (χ4v) is 3.86. The molecule has 1 N–H and O–H groups in total. The Morgan fingerprint density at radius 3 is 2.21 bits per heavy atom. The molecular formula is C27H33NO5. The first-order valence-electron chi connectivity index (χ1n) is 11.3. The molecule has 1 aromatic heterocycles. The average molecular weight is 452 g/mol. The first-order valence-corrected chi connectivity index (χ1v) is 11.3. The van der Waals surface area contributed by atoms with Crippen molar-refractivity contribution in [3.63, 3.8) is 0 Å². The van der Waals surface area contributed by atoms with Gasteiger partial charge in [-0.3, -0.25) is 0 Å². The zero-order chi connectivity index (χ0) is 23.8. The standard InChI is InChI=1S/C27H33NO5/c1-5-32-26(27(29)30)18-20-6-10-23(11-7-20)33-17-16-28-24(19(2)3)14-15-25(28)21-8-12-22(31-4)13-9-21/h6-15,19,26H,5,16-18H2,1-4H3,(H,29,30). The minimum atomic E-state index is -0.947. The smallest absolute Gasteiger partial charge is 0.333 e. The third kappa shape index (κ3) is 6.39. The fourth-order valence-electron chi connectivity index (χ4n) is 3.86. The van der Waals surface area contributed by atoms with Gasteiger partial charge in [0.1, 0.15) is 18.1 Å². The Labute approximate surface area is 195 Å². The molecule has 0 aliphatic rings. The van der Waals surface area contributed by atoms with E-state index in [1.54, 1.807) is 14.0 Å². The number of hydrogen-bond acceptors (Lipinski definition) is 4. The molecule has 3 aromatic rings. The van der Waals surface area contributed by atoms with Crippen LogP contribution in [0.4, 0.5) is 0 Å². The quantitative estimate of drug-likeness (QED) is 0.399. The van der Waals surface area contributed by atoms with Crippen molar-refractivity contribution in [1.82, 2.24) is 4.57 Å². The molecule has 6 heteroatoms. The highest BCUT2D eigenvalue weighted by molar-refractivity contribution is 5.72. The Bertz CT molecular complexity index is 1020. The van der Waals surface area contributed by atoms with Crippen LogP contribution in [0.2, 0.25) is 0 Å². The van der Waals surface area contributed by atoms with Crippen LogP contribution in [0.3, 0.4) is 0 Å². The minimum Gasteiger partial charge on any atom is -0.497 e. The number of hydrogen-bond donors (Lipinski definition) is 1. The van der Waals surface area contributed by atoms with Crippen LogP contribution in [0.5, 0.6) is 11.5 Å². The number of ether oxygens (including phenoxy) is 3. The van der Waals surface area contributed by atoms with E-state index >= 15 is 0 Å². The van der Waals surface area contributed by atoms with Crippen molar-refractivity contribution in [1.29, 1.82) is 0 Å². The van der Waals surface area contributed by atoms with E-state index in [0.717, 1.165) is 34.9 Å². The zero-order valence-electron chi connectivity index (χ0n) is 19.8. The summed E-state index contributed by atoms with van der Waals surface area (Å²) in [4.78, 5) is 11.3. The monoisotopic (exact) mass is 451 g/mol. The second kappa shape index (κ2) is 11.6. The fraction of sp³-hybridized carbons (Fsp3) is 0.370. The second-order valence-corrected chi connectivity index (χ2v) is 8.16. The maximum absolute atomic E-state index is 11.3. The Morgan fingerprint density at radius 2 is 1.64 bits per heavy atom. The summed E-state index contributed by atoms with van der Waals surface area (Å²) in [6.07, 6.45) is -0.503. The van der Waals surface area contributed by atoms with Gasteiger partial charge in [0.05, 0.1) is 13.7 Å². The van der Waals surface area contributed by atoms with E-state index < -0.39 is 12.1 Å². The van der Waals surface area contributed by atoms with Gasteiger partial charge in [0.15, 0.2) is 6.10 Å². The van der Waals surface area contributed by atoms with Crippen LogP contribution >= 0.6 is 0 Å². The summed E-state index contributed by atoms with van der Waals surface area (Å²) in [5.74, 6) is 1.04. The Balaban J connectivity index is 1.66. The van der Waals surface area contributed by atoms with Crippen molar-refractivity contribution in [2.75, 3.05) is 20.3 Å². The van der Waals surface area contributed by atoms with E-state index in [1.807, 2.05) is 36.4 Å². The van der Waals surface area contributed by atoms with E-state index in [0.29, 0.717) is 25.6 Å². The minimum absolute atomic E-state index is 0.329. The Hall–Kier alpha value is -3.25. The topological polar surface area (TPSA) is 69.9 Å². The van der Waals surface area contributed by atoms with E-state index in [9.17, 15) is 9.90 Å². The molecule has 1 unspecified atom stereocenters. The number of aromatic nitrogens is 1. The lowest BCUT2D eigenvalue weighted by atomic mass is 10.1. The highest BCUT2D eigenvalue weighted by Crippen LogP contribution is 2.28. The van der Waals surface area contributed by atoms with Crippen molar-refractivity contribution in [3.05, 3.63) is 71.9 Å². The van der Waals surface area contributed by atoms with Crippen molar-refractivity contribution < 1.29 is 24.1 Å². The number of nitrogens with zero attached hydrogens (tertiary/aromatic N) is 1. The van der Waals surface area contributed by atoms with Gasteiger partial charge in [0, 0.05) is 24.4 Å². The molecule has 176 valence electrons. The van der Waals surface area contributed by atoms with Gasteiger partial charge in [-0.15, -0.1) is 0 Å². The Kier molecular flexibility index (Phi) is 8.55. The summed E-state index contributed by atoms with van der Waals surface area (Å²) in [5.41, 5.74) is 4.44. The lowest BCUT2D eigenvalue weighted by Gasteiger charge is -2.17. The molecule has 0 radical (unpaired) electrons. The molecule has 0 aliphatic heterocycles. The summed E-state index contributed by atoms with van der Waals surface area (Å²) in [6.45, 7) is 7.78. The lowest BCUT2D eigenvalue weighted by molar-refractivity contribution is -0.149. The molecule has 0 saturated carbocycles. The summed E-state index contributed by atoms with van der Waals surface area (Å²) in [7, 11) is 1.67. The van der Waals surface area contributed by atoms with Crippen molar-refractivity contribution >= 4 is 5.97 Å². The second-order valence-electron chi connectivity index (χ2n) is 8.16. The molecule has 1 atom stereocenters. The predicted octanol–water partition coefficient (Wildman–Crippen LogP) is 5.40. The van der Waals surface area contributed by atoms with Crippen LogP contribution in [-0.2, 0) is 22.5 Å². The SMILES string of the molecule is CCOC(Cc1ccc(OCCn2c(-c3ccc(OC)cc3)ccc2C(C)C)cc1)C(=O)O. The van der Waals surface area contributed by atoms with Crippen LogP contribution in [0.15, 0.2) is 60.7 Å². The van der Waals surface area contributed by atoms with Crippen LogP contribution in [0.25, 0.3) is 11.3 Å². The van der Waals surface area contributed by atoms with Crippen LogP contribution in [-0.4, -0.2) is 42.1 Å². The molecule has 6 nitrogen and oxygen atoms in total. The molecule has 0 spiro atoms. The average Bonchev–Trinajstić information content (AvgIpc) is 3.24. The van der Waals surface area contributed by atoms with Gasteiger partial charge in [-0.2, -0.15) is 0 Å². The summed E-state index contributed by atoms with van der Waals surface area (Å²) >= 11 is 0. The third-order valence-corrected chi connectivity index (χ3v) is 5.56. The van der Waals surface area contributed by atoms with Gasteiger partial charge in [0.2, 0.25) is 0 Å². The number of carbonyl (C=O) groups is 1. The molecular weight excluding hydrogens is 418 g/mol. The highest BCUT2D eigenvalue weighted by Gasteiger charge is 2.18. The Morgan fingerprint density at radius 1 is 0.970 bits per heavy atom. The largest absolute Gasteiger partial charge is 0.497 e. The zero-order valence-corrected chi connectivity index (χ0v) is 19.8. The van der Waals surface area contributed by atoms with Gasteiger partial charge in [-0.1, -0.05) is 26.0 Å². The van der Waals surface area contributed by atoms with Gasteiger partial charge < -0.3 is 23.9 Å². The molecule has 1 heterocycles. The highest BCUT2D eigenvalue weighted by atomic mass is 16.5. The van der Waals surface area contributed by atoms with Gasteiger partial charge in [-0.25, -0.2) is 4.79 Å². The first kappa shape index (κ1) is 24.4. The van der Waals surface area contributed by atoms with Gasteiger partial charge in [-0.05, 0) is 72.5 Å². The number of aliphatic carboxylic acids is 1. The van der Waals surface area contributed by atoms with E-state index in [2.05, 4.69) is 42.7 Å². The summed E-state index contributed by atoms with van der Waals surface area (Å²) in [6, 6.07) is 20.0. The molecule has 0 fully saturated rings. The van der Waals surface area contributed by atoms with Crippen LogP contribution < -0.4 is 9.47 Å². The number of carboxylic acid groups (broad SMARTS) is 1. The van der Waals surface area contributed by atoms with Gasteiger partial charge >= 0.3 is 5.97 Å². The lowest BCUT2D eigenvalue weighted by Crippen LogP contribution is -2.26. The molecule has 0 amide bonds. The van der Waals surface area contributed by atoms with Crippen molar-refractivity contribution in [2.24, 2.45) is 0 Å². The molecule has 0 bridgehead atoms. The number of methoxy groups -OCH3 is 1. The van der Waals surface area contributed by atoms with E-state index in [-0.39, 0.29) is 0 Å². The van der Waals surface area contributed by atoms with Crippen molar-refractivity contribution in [3.8, 4) is 22.8 Å². The van der Waals surface area contributed by atoms with E-state index in [4.69, 9.17) is 14.2 Å². The maximum Gasteiger partial charge on any atom is 0.333 e. The molecule has 0 aliphatic carbocycles. The number of benzene rings is 2. The first-order chi connectivity index (χ1) is 15.9. The number of rotatable bonds is 12. The molecule has 0 saturated heterocycles. The van der Waals surface area contributed by atoms with Crippen LogP contribution in [0.1, 0.15) is 37.9 Å². The molecule has 3 rings (SSSR count). The third-order valence-electron chi connectivity index (χ3n) is 5.56. The molecule has 2 aromatic carbocycles. The summed E-state index contributed by atoms with van der Waals surface area (Å²) < 4.78 is 18.9. The van der Waals surface area contributed by atoms with Crippen molar-refractivity contribution in [2.45, 2.75) is 45.8 Å². The normalized spacial score (nSPS) is 12.0.